The molecule has 2 amide bonds. The first-order valence-corrected chi connectivity index (χ1v) is 8.94. The maximum Gasteiger partial charge on any atom is 0.276 e. The molecule has 0 aromatic heterocycles. The van der Waals surface area contributed by atoms with E-state index in [1.165, 1.54) is 12.1 Å². The van der Waals surface area contributed by atoms with Crippen LogP contribution in [0.1, 0.15) is 42.1 Å². The van der Waals surface area contributed by atoms with Crippen LogP contribution in [0.4, 0.5) is 0 Å². The number of rotatable bonds is 6. The zero-order valence-electron chi connectivity index (χ0n) is 14.5. The van der Waals surface area contributed by atoms with Crippen molar-refractivity contribution < 1.29 is 14.3 Å². The Morgan fingerprint density at radius 2 is 1.85 bits per heavy atom. The monoisotopic (exact) mass is 394 g/mol. The number of carbonyl (C=O) groups is 2. The van der Waals surface area contributed by atoms with Gasteiger partial charge in [-0.15, -0.1) is 0 Å². The van der Waals surface area contributed by atoms with E-state index in [-0.39, 0.29) is 17.2 Å². The van der Waals surface area contributed by atoms with Crippen LogP contribution in [0.15, 0.2) is 42.5 Å². The van der Waals surface area contributed by atoms with Crippen molar-refractivity contribution in [1.29, 1.82) is 0 Å². The molecule has 0 saturated carbocycles. The summed E-state index contributed by atoms with van der Waals surface area (Å²) >= 11 is 11.8. The third-order valence-corrected chi connectivity index (χ3v) is 4.46. The normalized spacial score (nSPS) is 11.5. The van der Waals surface area contributed by atoms with E-state index in [2.05, 4.69) is 24.7 Å². The molecule has 0 radical (unpaired) electrons. The van der Waals surface area contributed by atoms with Crippen LogP contribution in [-0.4, -0.2) is 18.4 Å². The topological polar surface area (TPSA) is 67.4 Å². The van der Waals surface area contributed by atoms with Crippen LogP contribution < -0.4 is 15.6 Å². The van der Waals surface area contributed by atoms with Crippen molar-refractivity contribution in [2.75, 3.05) is 6.61 Å². The van der Waals surface area contributed by atoms with E-state index in [0.29, 0.717) is 16.7 Å². The van der Waals surface area contributed by atoms with Gasteiger partial charge in [-0.1, -0.05) is 55.2 Å². The van der Waals surface area contributed by atoms with Gasteiger partial charge in [-0.3, -0.25) is 20.4 Å². The number of hydrazine groups is 1. The summed E-state index contributed by atoms with van der Waals surface area (Å²) in [5, 5.41) is 0.618. The minimum absolute atomic E-state index is 0.197. The molecular weight excluding hydrogens is 375 g/mol. The van der Waals surface area contributed by atoms with Gasteiger partial charge in [0.15, 0.2) is 6.61 Å². The van der Waals surface area contributed by atoms with Crippen molar-refractivity contribution in [2.45, 2.75) is 26.2 Å². The van der Waals surface area contributed by atoms with Crippen LogP contribution in [-0.2, 0) is 4.79 Å². The van der Waals surface area contributed by atoms with Crippen LogP contribution >= 0.6 is 23.2 Å². The number of nitrogens with one attached hydrogen (secondary N) is 2. The lowest BCUT2D eigenvalue weighted by atomic mass is 9.98. The first kappa shape index (κ1) is 20.1. The van der Waals surface area contributed by atoms with Gasteiger partial charge in [0.05, 0.1) is 10.6 Å². The predicted octanol–water partition coefficient (Wildman–Crippen LogP) is 4.35. The van der Waals surface area contributed by atoms with Crippen molar-refractivity contribution in [2.24, 2.45) is 0 Å². The van der Waals surface area contributed by atoms with Gasteiger partial charge in [0.2, 0.25) is 0 Å². The fraction of sp³-hybridized carbons (Fsp3) is 0.263. The summed E-state index contributed by atoms with van der Waals surface area (Å²) in [6.07, 6.45) is 0.963. The molecule has 2 aromatic carbocycles. The van der Waals surface area contributed by atoms with Gasteiger partial charge in [-0.25, -0.2) is 0 Å². The standard InChI is InChI=1S/C19H20Cl2N2O3/c1-3-12(2)14-6-4-5-7-17(14)26-11-18(24)22-23-19(25)15-9-8-13(20)10-16(15)21/h4-10,12H,3,11H2,1-2H3,(H,22,24)(H,23,25). The third kappa shape index (κ3) is 5.38. The van der Waals surface area contributed by atoms with Gasteiger partial charge in [-0.2, -0.15) is 0 Å². The summed E-state index contributed by atoms with van der Waals surface area (Å²) in [5.74, 6) is -0.0486. The Bertz CT molecular complexity index is 796. The third-order valence-electron chi connectivity index (χ3n) is 3.91. The Hall–Kier alpha value is -2.24. The van der Waals surface area contributed by atoms with Gasteiger partial charge >= 0.3 is 0 Å². The second kappa shape index (κ2) is 9.46. The molecule has 5 nitrogen and oxygen atoms in total. The quantitative estimate of drug-likeness (QED) is 0.715. The number of halogens is 2. The Morgan fingerprint density at radius 3 is 2.54 bits per heavy atom. The molecule has 0 fully saturated rings. The predicted molar refractivity (Wildman–Crippen MR) is 103 cm³/mol. The number of amides is 2. The summed E-state index contributed by atoms with van der Waals surface area (Å²) in [4.78, 5) is 24.0. The lowest BCUT2D eigenvalue weighted by Crippen LogP contribution is -2.44. The Labute approximate surface area is 162 Å². The van der Waals surface area contributed by atoms with Crippen LogP contribution in [0.25, 0.3) is 0 Å². The van der Waals surface area contributed by atoms with Gasteiger partial charge in [-0.05, 0) is 42.2 Å². The minimum atomic E-state index is -0.542. The summed E-state index contributed by atoms with van der Waals surface area (Å²) in [6.45, 7) is 3.96. The van der Waals surface area contributed by atoms with E-state index in [4.69, 9.17) is 27.9 Å². The smallest absolute Gasteiger partial charge is 0.276 e. The van der Waals surface area contributed by atoms with E-state index >= 15 is 0 Å². The summed E-state index contributed by atoms with van der Waals surface area (Å²) in [5.41, 5.74) is 5.85. The molecule has 0 aliphatic heterocycles. The van der Waals surface area contributed by atoms with E-state index in [1.807, 2.05) is 24.3 Å². The van der Waals surface area contributed by atoms with E-state index < -0.39 is 11.8 Å². The van der Waals surface area contributed by atoms with Gasteiger partial charge in [0.1, 0.15) is 5.75 Å². The molecular formula is C19H20Cl2N2O3. The summed E-state index contributed by atoms with van der Waals surface area (Å²) < 4.78 is 5.59. The molecule has 0 spiro atoms. The number of hydrogen-bond acceptors (Lipinski definition) is 3. The largest absolute Gasteiger partial charge is 0.483 e. The molecule has 1 unspecified atom stereocenters. The molecule has 0 saturated heterocycles. The van der Waals surface area contributed by atoms with E-state index in [9.17, 15) is 9.59 Å². The van der Waals surface area contributed by atoms with Crippen molar-refractivity contribution in [1.82, 2.24) is 10.9 Å². The number of para-hydroxylation sites is 1. The Balaban J connectivity index is 1.89. The van der Waals surface area contributed by atoms with Crippen molar-refractivity contribution in [3.63, 3.8) is 0 Å². The van der Waals surface area contributed by atoms with Gasteiger partial charge < -0.3 is 4.74 Å². The molecule has 0 aliphatic rings. The fourth-order valence-corrected chi connectivity index (χ4v) is 2.78. The van der Waals surface area contributed by atoms with E-state index in [1.54, 1.807) is 6.07 Å². The molecule has 1 atom stereocenters. The molecule has 0 aliphatic carbocycles. The minimum Gasteiger partial charge on any atom is -0.483 e. The SMILES string of the molecule is CCC(C)c1ccccc1OCC(=O)NNC(=O)c1ccc(Cl)cc1Cl. The molecule has 0 heterocycles. The highest BCUT2D eigenvalue weighted by Crippen LogP contribution is 2.28. The summed E-state index contributed by atoms with van der Waals surface area (Å²) in [6, 6.07) is 12.1. The average molecular weight is 395 g/mol. The highest BCUT2D eigenvalue weighted by atomic mass is 35.5. The average Bonchev–Trinajstić information content (AvgIpc) is 2.64. The maximum atomic E-state index is 12.0. The second-order valence-corrected chi connectivity index (χ2v) is 6.61. The maximum absolute atomic E-state index is 12.0. The van der Waals surface area contributed by atoms with Crippen LogP contribution in [0.5, 0.6) is 5.75 Å². The zero-order valence-corrected chi connectivity index (χ0v) is 16.0. The highest BCUT2D eigenvalue weighted by molar-refractivity contribution is 6.36. The Morgan fingerprint density at radius 1 is 1.12 bits per heavy atom. The van der Waals surface area contributed by atoms with Crippen molar-refractivity contribution in [3.8, 4) is 5.75 Å². The summed E-state index contributed by atoms with van der Waals surface area (Å²) in [7, 11) is 0. The van der Waals surface area contributed by atoms with Gasteiger partial charge in [0, 0.05) is 5.02 Å². The lowest BCUT2D eigenvalue weighted by Gasteiger charge is -2.15. The molecule has 0 bridgehead atoms. The first-order valence-electron chi connectivity index (χ1n) is 8.18. The first-order chi connectivity index (χ1) is 12.4. The number of benzene rings is 2. The van der Waals surface area contributed by atoms with Crippen molar-refractivity contribution >= 4 is 35.0 Å². The fourth-order valence-electron chi connectivity index (χ4n) is 2.29. The molecule has 138 valence electrons. The van der Waals surface area contributed by atoms with Crippen molar-refractivity contribution in [3.05, 3.63) is 63.6 Å². The molecule has 2 rings (SSSR count). The number of hydrogen-bond donors (Lipinski definition) is 2. The molecule has 7 heteroatoms. The number of carbonyl (C=O) groups excluding carboxylic acids is 2. The zero-order chi connectivity index (χ0) is 19.1. The van der Waals surface area contributed by atoms with Crippen LogP contribution in [0.2, 0.25) is 10.0 Å². The lowest BCUT2D eigenvalue weighted by molar-refractivity contribution is -0.123. The second-order valence-electron chi connectivity index (χ2n) is 5.76. The Kier molecular flexibility index (Phi) is 7.30. The molecule has 26 heavy (non-hydrogen) atoms. The van der Waals surface area contributed by atoms with E-state index in [0.717, 1.165) is 12.0 Å². The molecule has 2 N–H and O–H groups in total. The van der Waals surface area contributed by atoms with Crippen LogP contribution in [0, 0.1) is 0 Å². The number of ether oxygens (including phenoxy) is 1. The van der Waals surface area contributed by atoms with Crippen LogP contribution in [0.3, 0.4) is 0 Å². The highest BCUT2D eigenvalue weighted by Gasteiger charge is 2.13. The molecule has 2 aromatic rings. The van der Waals surface area contributed by atoms with Gasteiger partial charge in [0.25, 0.3) is 11.8 Å².